The topological polar surface area (TPSA) is 83.8 Å². The van der Waals surface area contributed by atoms with Crippen molar-refractivity contribution in [2.24, 2.45) is 11.8 Å². The molecule has 0 amide bonds. The largest absolute Gasteiger partial charge is 0.297 e. The standard InChI is InChI=1S/C17H23N3O4S/c21-20(22)15-3-5-16(6-4-15)25(23,24)19-9-7-18(8-10-19)17-12-13-1-2-14(17)11-13/h3-6,13-14,17H,1-2,7-12H2/t13-,14+,17-/m1/s1. The number of fused-ring (bicyclic) bond motifs is 2. The molecule has 7 nitrogen and oxygen atoms in total. The van der Waals surface area contributed by atoms with Gasteiger partial charge in [-0.25, -0.2) is 8.42 Å². The van der Waals surface area contributed by atoms with E-state index in [1.807, 2.05) is 0 Å². The second-order valence-electron chi connectivity index (χ2n) is 7.43. The number of hydrogen-bond donors (Lipinski definition) is 0. The molecule has 4 rings (SSSR count). The summed E-state index contributed by atoms with van der Waals surface area (Å²) >= 11 is 0. The molecule has 136 valence electrons. The minimum Gasteiger partial charge on any atom is -0.297 e. The first-order valence-corrected chi connectivity index (χ1v) is 10.4. The molecule has 25 heavy (non-hydrogen) atoms. The Hall–Kier alpha value is -1.51. The number of non-ortho nitro benzene ring substituents is 1. The zero-order chi connectivity index (χ0) is 17.6. The van der Waals surface area contributed by atoms with Gasteiger partial charge in [0, 0.05) is 44.4 Å². The molecule has 1 aliphatic heterocycles. The summed E-state index contributed by atoms with van der Waals surface area (Å²) in [7, 11) is -3.58. The van der Waals surface area contributed by atoms with Gasteiger partial charge in [-0.15, -0.1) is 0 Å². The highest BCUT2D eigenvalue weighted by molar-refractivity contribution is 7.89. The van der Waals surface area contributed by atoms with E-state index in [0.717, 1.165) is 24.9 Å². The molecule has 1 heterocycles. The minimum absolute atomic E-state index is 0.0972. The summed E-state index contributed by atoms with van der Waals surface area (Å²) in [5, 5.41) is 10.7. The molecule has 1 aromatic carbocycles. The molecule has 1 aromatic rings. The van der Waals surface area contributed by atoms with Gasteiger partial charge in [-0.3, -0.25) is 15.0 Å². The quantitative estimate of drug-likeness (QED) is 0.603. The third-order valence-electron chi connectivity index (χ3n) is 6.13. The van der Waals surface area contributed by atoms with Gasteiger partial charge in [0.05, 0.1) is 9.82 Å². The summed E-state index contributed by atoms with van der Waals surface area (Å²) in [6.07, 6.45) is 5.33. The molecular formula is C17H23N3O4S. The number of rotatable bonds is 4. The summed E-state index contributed by atoms with van der Waals surface area (Å²) in [6, 6.07) is 5.80. The van der Waals surface area contributed by atoms with Crippen molar-refractivity contribution in [1.29, 1.82) is 0 Å². The molecule has 3 atom stereocenters. The molecule has 2 bridgehead atoms. The maximum Gasteiger partial charge on any atom is 0.269 e. The first-order chi connectivity index (χ1) is 11.9. The van der Waals surface area contributed by atoms with Gasteiger partial charge in [-0.1, -0.05) is 6.42 Å². The van der Waals surface area contributed by atoms with Gasteiger partial charge >= 0.3 is 0 Å². The molecule has 3 aliphatic rings. The van der Waals surface area contributed by atoms with E-state index in [0.29, 0.717) is 19.1 Å². The fourth-order valence-electron chi connectivity index (χ4n) is 4.82. The summed E-state index contributed by atoms with van der Waals surface area (Å²) in [6.45, 7) is 2.54. The molecular weight excluding hydrogens is 342 g/mol. The van der Waals surface area contributed by atoms with Gasteiger partial charge in [0.15, 0.2) is 0 Å². The molecule has 0 unspecified atom stereocenters. The van der Waals surface area contributed by atoms with Gasteiger partial charge in [0.2, 0.25) is 10.0 Å². The van der Waals surface area contributed by atoms with Gasteiger partial charge < -0.3 is 0 Å². The zero-order valence-corrected chi connectivity index (χ0v) is 14.9. The van der Waals surface area contributed by atoms with Crippen molar-refractivity contribution in [3.63, 3.8) is 0 Å². The van der Waals surface area contributed by atoms with Crippen molar-refractivity contribution in [1.82, 2.24) is 9.21 Å². The molecule has 1 saturated heterocycles. The average Bonchev–Trinajstić information content (AvgIpc) is 3.25. The Labute approximate surface area is 147 Å². The predicted molar refractivity (Wildman–Crippen MR) is 92.7 cm³/mol. The van der Waals surface area contributed by atoms with Crippen molar-refractivity contribution < 1.29 is 13.3 Å². The lowest BCUT2D eigenvalue weighted by Crippen LogP contribution is -2.53. The van der Waals surface area contributed by atoms with E-state index < -0.39 is 14.9 Å². The van der Waals surface area contributed by atoms with Gasteiger partial charge in [0.1, 0.15) is 0 Å². The number of sulfonamides is 1. The number of benzene rings is 1. The number of nitro benzene ring substituents is 1. The lowest BCUT2D eigenvalue weighted by molar-refractivity contribution is -0.384. The van der Waals surface area contributed by atoms with Crippen LogP contribution >= 0.6 is 0 Å². The average molecular weight is 365 g/mol. The minimum atomic E-state index is -3.58. The van der Waals surface area contributed by atoms with Crippen LogP contribution in [0.2, 0.25) is 0 Å². The monoisotopic (exact) mass is 365 g/mol. The molecule has 0 aromatic heterocycles. The summed E-state index contributed by atoms with van der Waals surface area (Å²) in [5.41, 5.74) is -0.0972. The molecule has 0 N–H and O–H groups in total. The first-order valence-electron chi connectivity index (χ1n) is 8.94. The van der Waals surface area contributed by atoms with E-state index in [2.05, 4.69) is 4.90 Å². The second kappa shape index (κ2) is 6.34. The highest BCUT2D eigenvalue weighted by Gasteiger charge is 2.43. The van der Waals surface area contributed by atoms with E-state index in [1.165, 1.54) is 54.3 Å². The van der Waals surface area contributed by atoms with E-state index >= 15 is 0 Å². The van der Waals surface area contributed by atoms with Crippen LogP contribution in [0.3, 0.4) is 0 Å². The fourth-order valence-corrected chi connectivity index (χ4v) is 6.25. The van der Waals surface area contributed by atoms with E-state index in [9.17, 15) is 18.5 Å². The Morgan fingerprint density at radius 1 is 1.00 bits per heavy atom. The molecule has 0 spiro atoms. The van der Waals surface area contributed by atoms with Gasteiger partial charge in [-0.05, 0) is 43.2 Å². The van der Waals surface area contributed by atoms with Crippen LogP contribution in [0.4, 0.5) is 5.69 Å². The number of nitrogens with zero attached hydrogens (tertiary/aromatic N) is 3. The van der Waals surface area contributed by atoms with E-state index in [-0.39, 0.29) is 10.6 Å². The smallest absolute Gasteiger partial charge is 0.269 e. The number of nitro groups is 1. The van der Waals surface area contributed by atoms with Crippen LogP contribution in [0.15, 0.2) is 29.2 Å². The lowest BCUT2D eigenvalue weighted by atomic mass is 9.93. The predicted octanol–water partition coefficient (Wildman–Crippen LogP) is 2.09. The van der Waals surface area contributed by atoms with Crippen LogP contribution in [-0.4, -0.2) is 54.8 Å². The third kappa shape index (κ3) is 3.07. The Kier molecular flexibility index (Phi) is 4.29. The SMILES string of the molecule is O=[N+]([O-])c1ccc(S(=O)(=O)N2CCN([C@@H]3C[C@@H]4CC[C@H]3C4)CC2)cc1. The highest BCUT2D eigenvalue weighted by Crippen LogP contribution is 2.46. The van der Waals surface area contributed by atoms with Crippen LogP contribution in [-0.2, 0) is 10.0 Å². The molecule has 0 radical (unpaired) electrons. The zero-order valence-electron chi connectivity index (χ0n) is 14.1. The Morgan fingerprint density at radius 3 is 2.20 bits per heavy atom. The molecule has 8 heteroatoms. The van der Waals surface area contributed by atoms with Crippen LogP contribution in [0.25, 0.3) is 0 Å². The Morgan fingerprint density at radius 2 is 1.68 bits per heavy atom. The van der Waals surface area contributed by atoms with E-state index in [4.69, 9.17) is 0 Å². The van der Waals surface area contributed by atoms with Crippen molar-refractivity contribution >= 4 is 15.7 Å². The van der Waals surface area contributed by atoms with Crippen LogP contribution in [0.5, 0.6) is 0 Å². The van der Waals surface area contributed by atoms with Crippen molar-refractivity contribution in [3.05, 3.63) is 34.4 Å². The normalized spacial score (nSPS) is 30.6. The molecule has 3 fully saturated rings. The highest BCUT2D eigenvalue weighted by atomic mass is 32.2. The molecule has 2 aliphatic carbocycles. The summed E-state index contributed by atoms with van der Waals surface area (Å²) in [4.78, 5) is 12.8. The fraction of sp³-hybridized carbons (Fsp3) is 0.647. The van der Waals surface area contributed by atoms with Crippen LogP contribution < -0.4 is 0 Å². The number of hydrogen-bond acceptors (Lipinski definition) is 5. The second-order valence-corrected chi connectivity index (χ2v) is 9.37. The van der Waals surface area contributed by atoms with E-state index in [1.54, 1.807) is 0 Å². The van der Waals surface area contributed by atoms with Crippen molar-refractivity contribution in [3.8, 4) is 0 Å². The van der Waals surface area contributed by atoms with Crippen LogP contribution in [0.1, 0.15) is 25.7 Å². The van der Waals surface area contributed by atoms with Crippen LogP contribution in [0, 0.1) is 22.0 Å². The summed E-state index contributed by atoms with van der Waals surface area (Å²) in [5.74, 6) is 1.69. The molecule has 2 saturated carbocycles. The van der Waals surface area contributed by atoms with Gasteiger partial charge in [0.25, 0.3) is 5.69 Å². The Balaban J connectivity index is 1.41. The Bertz CT molecular complexity index is 757. The lowest BCUT2D eigenvalue weighted by Gasteiger charge is -2.40. The maximum absolute atomic E-state index is 12.8. The number of piperazine rings is 1. The van der Waals surface area contributed by atoms with Crippen molar-refractivity contribution in [2.75, 3.05) is 26.2 Å². The first kappa shape index (κ1) is 16.9. The summed E-state index contributed by atoms with van der Waals surface area (Å²) < 4.78 is 27.0. The van der Waals surface area contributed by atoms with Gasteiger partial charge in [-0.2, -0.15) is 4.31 Å². The van der Waals surface area contributed by atoms with Crippen molar-refractivity contribution in [2.45, 2.75) is 36.6 Å². The third-order valence-corrected chi connectivity index (χ3v) is 8.04. The maximum atomic E-state index is 12.8.